The SMILES string of the molecule is Cc1cc(NC(=O)Cn2nc(C)c([N+](=O)[O-])c2C)n(Cc2ccccc2)n1. The summed E-state index contributed by atoms with van der Waals surface area (Å²) in [5, 5.41) is 22.4. The van der Waals surface area contributed by atoms with Gasteiger partial charge in [-0.3, -0.25) is 19.6 Å². The van der Waals surface area contributed by atoms with Crippen molar-refractivity contribution in [2.24, 2.45) is 0 Å². The van der Waals surface area contributed by atoms with Crippen LogP contribution in [-0.2, 0) is 17.9 Å². The molecule has 1 amide bonds. The number of aryl methyl sites for hydroxylation is 2. The van der Waals surface area contributed by atoms with Crippen LogP contribution in [0, 0.1) is 30.9 Å². The van der Waals surface area contributed by atoms with Crippen molar-refractivity contribution in [1.29, 1.82) is 0 Å². The van der Waals surface area contributed by atoms with Crippen molar-refractivity contribution in [3.8, 4) is 0 Å². The van der Waals surface area contributed by atoms with E-state index in [4.69, 9.17) is 0 Å². The number of nitro groups is 1. The van der Waals surface area contributed by atoms with Crippen LogP contribution in [0.15, 0.2) is 36.4 Å². The Hall–Kier alpha value is -3.49. The van der Waals surface area contributed by atoms with Gasteiger partial charge in [0.2, 0.25) is 5.91 Å². The summed E-state index contributed by atoms with van der Waals surface area (Å²) < 4.78 is 3.06. The van der Waals surface area contributed by atoms with Gasteiger partial charge in [-0.25, -0.2) is 4.68 Å². The Bertz CT molecular complexity index is 990. The zero-order chi connectivity index (χ0) is 19.6. The van der Waals surface area contributed by atoms with E-state index in [9.17, 15) is 14.9 Å². The Morgan fingerprint density at radius 1 is 1.15 bits per heavy atom. The zero-order valence-corrected chi connectivity index (χ0v) is 15.3. The molecule has 0 bridgehead atoms. The number of benzene rings is 1. The van der Waals surface area contributed by atoms with Crippen molar-refractivity contribution < 1.29 is 9.72 Å². The Morgan fingerprint density at radius 2 is 1.85 bits per heavy atom. The first-order valence-corrected chi connectivity index (χ1v) is 8.41. The summed E-state index contributed by atoms with van der Waals surface area (Å²) >= 11 is 0. The number of aromatic nitrogens is 4. The second kappa shape index (κ2) is 7.40. The molecular formula is C18H20N6O3. The third-order valence-corrected chi connectivity index (χ3v) is 4.16. The number of anilines is 1. The van der Waals surface area contributed by atoms with Gasteiger partial charge < -0.3 is 5.32 Å². The van der Waals surface area contributed by atoms with Crippen LogP contribution in [-0.4, -0.2) is 30.4 Å². The van der Waals surface area contributed by atoms with E-state index < -0.39 is 4.92 Å². The number of carbonyl (C=O) groups excluding carboxylic acids is 1. The van der Waals surface area contributed by atoms with E-state index in [1.165, 1.54) is 4.68 Å². The lowest BCUT2D eigenvalue weighted by Crippen LogP contribution is -2.22. The van der Waals surface area contributed by atoms with Gasteiger partial charge in [-0.15, -0.1) is 0 Å². The molecule has 9 nitrogen and oxygen atoms in total. The quantitative estimate of drug-likeness (QED) is 0.531. The van der Waals surface area contributed by atoms with E-state index in [1.807, 2.05) is 37.3 Å². The summed E-state index contributed by atoms with van der Waals surface area (Å²) in [7, 11) is 0. The summed E-state index contributed by atoms with van der Waals surface area (Å²) in [6.07, 6.45) is 0. The molecule has 0 spiro atoms. The fraction of sp³-hybridized carbons (Fsp3) is 0.278. The van der Waals surface area contributed by atoms with Crippen LogP contribution in [0.1, 0.15) is 22.6 Å². The Balaban J connectivity index is 1.75. The Labute approximate surface area is 155 Å². The second-order valence-electron chi connectivity index (χ2n) is 6.30. The predicted octanol–water partition coefficient (Wildman–Crippen LogP) is 2.60. The zero-order valence-electron chi connectivity index (χ0n) is 15.3. The Morgan fingerprint density at radius 3 is 2.48 bits per heavy atom. The minimum atomic E-state index is -0.482. The van der Waals surface area contributed by atoms with Gasteiger partial charge in [-0.2, -0.15) is 10.2 Å². The van der Waals surface area contributed by atoms with Crippen molar-refractivity contribution in [1.82, 2.24) is 19.6 Å². The van der Waals surface area contributed by atoms with E-state index in [1.54, 1.807) is 24.6 Å². The second-order valence-corrected chi connectivity index (χ2v) is 6.30. The van der Waals surface area contributed by atoms with Gasteiger partial charge in [-0.1, -0.05) is 30.3 Å². The molecule has 0 unspecified atom stereocenters. The number of amides is 1. The maximum atomic E-state index is 12.5. The van der Waals surface area contributed by atoms with Crippen LogP contribution in [0.25, 0.3) is 0 Å². The van der Waals surface area contributed by atoms with Gasteiger partial charge in [0.25, 0.3) is 0 Å². The van der Waals surface area contributed by atoms with Crippen LogP contribution >= 0.6 is 0 Å². The first-order chi connectivity index (χ1) is 12.8. The molecule has 1 N–H and O–H groups in total. The van der Waals surface area contributed by atoms with Crippen LogP contribution in [0.5, 0.6) is 0 Å². The highest BCUT2D eigenvalue weighted by atomic mass is 16.6. The molecule has 3 rings (SSSR count). The molecule has 27 heavy (non-hydrogen) atoms. The molecule has 0 aliphatic heterocycles. The molecule has 0 atom stereocenters. The first-order valence-electron chi connectivity index (χ1n) is 8.41. The average Bonchev–Trinajstić information content (AvgIpc) is 3.07. The Kier molecular flexibility index (Phi) is 5.02. The van der Waals surface area contributed by atoms with Gasteiger partial charge in [0.1, 0.15) is 23.8 Å². The topological polar surface area (TPSA) is 108 Å². The molecule has 2 aromatic heterocycles. The van der Waals surface area contributed by atoms with Gasteiger partial charge >= 0.3 is 5.69 Å². The largest absolute Gasteiger partial charge is 0.312 e. The molecule has 0 aliphatic carbocycles. The molecular weight excluding hydrogens is 348 g/mol. The van der Waals surface area contributed by atoms with Crippen LogP contribution in [0.4, 0.5) is 11.5 Å². The third kappa shape index (κ3) is 4.02. The van der Waals surface area contributed by atoms with E-state index >= 15 is 0 Å². The van der Waals surface area contributed by atoms with Crippen molar-refractivity contribution in [2.45, 2.75) is 33.9 Å². The highest BCUT2D eigenvalue weighted by Gasteiger charge is 2.23. The summed E-state index contributed by atoms with van der Waals surface area (Å²) in [6, 6.07) is 11.6. The fourth-order valence-corrected chi connectivity index (χ4v) is 2.95. The maximum Gasteiger partial charge on any atom is 0.312 e. The van der Waals surface area contributed by atoms with Crippen molar-refractivity contribution in [3.63, 3.8) is 0 Å². The standard InChI is InChI=1S/C18H20N6O3/c1-12-9-16(23(20-12)10-15-7-5-4-6-8-15)19-17(25)11-22-14(3)18(24(26)27)13(2)21-22/h4-9H,10-11H2,1-3H3,(H,19,25). The van der Waals surface area contributed by atoms with E-state index in [-0.39, 0.29) is 23.8 Å². The lowest BCUT2D eigenvalue weighted by Gasteiger charge is -2.09. The van der Waals surface area contributed by atoms with Crippen molar-refractivity contribution >= 4 is 17.4 Å². The van der Waals surface area contributed by atoms with Gasteiger partial charge in [0.15, 0.2) is 0 Å². The minimum Gasteiger partial charge on any atom is -0.309 e. The first kappa shape index (κ1) is 18.3. The minimum absolute atomic E-state index is 0.0623. The molecule has 0 fully saturated rings. The van der Waals surface area contributed by atoms with Gasteiger partial charge in [0, 0.05) is 6.07 Å². The fourth-order valence-electron chi connectivity index (χ4n) is 2.95. The number of nitrogens with zero attached hydrogens (tertiary/aromatic N) is 5. The predicted molar refractivity (Wildman–Crippen MR) is 99.5 cm³/mol. The van der Waals surface area contributed by atoms with Gasteiger partial charge in [-0.05, 0) is 26.3 Å². The van der Waals surface area contributed by atoms with Crippen LogP contribution in [0.3, 0.4) is 0 Å². The van der Waals surface area contributed by atoms with Crippen molar-refractivity contribution in [2.75, 3.05) is 5.32 Å². The summed E-state index contributed by atoms with van der Waals surface area (Å²) in [5.41, 5.74) is 2.41. The highest BCUT2D eigenvalue weighted by Crippen LogP contribution is 2.21. The molecule has 2 heterocycles. The maximum absolute atomic E-state index is 12.5. The molecule has 1 aromatic carbocycles. The molecule has 0 aliphatic rings. The number of hydrogen-bond donors (Lipinski definition) is 1. The lowest BCUT2D eigenvalue weighted by atomic mass is 10.2. The van der Waals surface area contributed by atoms with Crippen LogP contribution < -0.4 is 5.32 Å². The summed E-state index contributed by atoms with van der Waals surface area (Å²) in [4.78, 5) is 23.1. The molecule has 3 aromatic rings. The smallest absolute Gasteiger partial charge is 0.309 e. The monoisotopic (exact) mass is 368 g/mol. The molecule has 0 saturated carbocycles. The summed E-state index contributed by atoms with van der Waals surface area (Å²) in [6.45, 7) is 5.39. The molecule has 0 saturated heterocycles. The van der Waals surface area contributed by atoms with Gasteiger partial charge in [0.05, 0.1) is 17.2 Å². The van der Waals surface area contributed by atoms with E-state index in [2.05, 4.69) is 15.5 Å². The third-order valence-electron chi connectivity index (χ3n) is 4.16. The normalized spacial score (nSPS) is 10.8. The average molecular weight is 368 g/mol. The van der Waals surface area contributed by atoms with Crippen molar-refractivity contribution in [3.05, 3.63) is 69.2 Å². The number of rotatable bonds is 6. The number of carbonyl (C=O) groups is 1. The lowest BCUT2D eigenvalue weighted by molar-refractivity contribution is -0.386. The number of nitrogens with one attached hydrogen (secondary N) is 1. The molecule has 0 radical (unpaired) electrons. The number of hydrogen-bond acceptors (Lipinski definition) is 5. The van der Waals surface area contributed by atoms with Crippen LogP contribution in [0.2, 0.25) is 0 Å². The highest BCUT2D eigenvalue weighted by molar-refractivity contribution is 5.89. The molecule has 140 valence electrons. The van der Waals surface area contributed by atoms with E-state index in [0.717, 1.165) is 11.3 Å². The van der Waals surface area contributed by atoms with E-state index in [0.29, 0.717) is 18.1 Å². The molecule has 9 heteroatoms. The summed E-state index contributed by atoms with van der Waals surface area (Å²) in [5.74, 6) is 0.238.